The number of benzene rings is 2. The van der Waals surface area contributed by atoms with Crippen molar-refractivity contribution in [2.45, 2.75) is 4.90 Å². The van der Waals surface area contributed by atoms with Crippen molar-refractivity contribution < 1.29 is 12.8 Å². The van der Waals surface area contributed by atoms with Crippen LogP contribution in [0.4, 0.5) is 21.5 Å². The predicted octanol–water partition coefficient (Wildman–Crippen LogP) is 3.16. The van der Waals surface area contributed by atoms with Crippen LogP contribution in [0, 0.1) is 9.39 Å². The van der Waals surface area contributed by atoms with Crippen molar-refractivity contribution in [1.82, 2.24) is 0 Å². The molecule has 20 heavy (non-hydrogen) atoms. The molecule has 2 aromatic rings. The highest BCUT2D eigenvalue weighted by Crippen LogP contribution is 2.28. The Bertz CT molecular complexity index is 763. The first kappa shape index (κ1) is 15.0. The fourth-order valence-corrected chi connectivity index (χ4v) is 2.89. The fourth-order valence-electron chi connectivity index (χ4n) is 1.62. The third kappa shape index (κ3) is 3.40. The van der Waals surface area contributed by atoms with Crippen molar-refractivity contribution in [2.75, 3.05) is 17.3 Å². The molecule has 0 aliphatic carbocycles. The summed E-state index contributed by atoms with van der Waals surface area (Å²) < 4.78 is 36.6. The van der Waals surface area contributed by atoms with Gasteiger partial charge < -0.3 is 11.1 Å². The quantitative estimate of drug-likeness (QED) is 0.607. The van der Waals surface area contributed by atoms with Gasteiger partial charge in [0.05, 0.1) is 22.0 Å². The van der Waals surface area contributed by atoms with E-state index in [0.29, 0.717) is 20.6 Å². The van der Waals surface area contributed by atoms with Crippen LogP contribution in [0.1, 0.15) is 0 Å². The van der Waals surface area contributed by atoms with Crippen LogP contribution in [0.25, 0.3) is 0 Å². The zero-order valence-corrected chi connectivity index (χ0v) is 13.5. The average molecular weight is 406 g/mol. The van der Waals surface area contributed by atoms with Crippen molar-refractivity contribution in [3.8, 4) is 0 Å². The van der Waals surface area contributed by atoms with Crippen LogP contribution >= 0.6 is 22.6 Å². The lowest BCUT2D eigenvalue weighted by molar-refractivity contribution is 0.602. The van der Waals surface area contributed by atoms with Crippen LogP contribution in [-0.4, -0.2) is 14.7 Å². The van der Waals surface area contributed by atoms with Gasteiger partial charge in [-0.05, 0) is 59.0 Å². The van der Waals surface area contributed by atoms with Crippen LogP contribution in [0.2, 0.25) is 0 Å². The maximum Gasteiger partial charge on any atom is 0.175 e. The Morgan fingerprint density at radius 1 is 1.15 bits per heavy atom. The van der Waals surface area contributed by atoms with Gasteiger partial charge in [-0.3, -0.25) is 0 Å². The van der Waals surface area contributed by atoms with Crippen LogP contribution in [0.5, 0.6) is 0 Å². The normalized spacial score (nSPS) is 11.3. The molecule has 0 atom stereocenters. The summed E-state index contributed by atoms with van der Waals surface area (Å²) in [5.74, 6) is -0.319. The van der Waals surface area contributed by atoms with E-state index in [2.05, 4.69) is 5.32 Å². The molecule has 0 spiro atoms. The van der Waals surface area contributed by atoms with Crippen molar-refractivity contribution in [3.63, 3.8) is 0 Å². The van der Waals surface area contributed by atoms with Gasteiger partial charge in [0.25, 0.3) is 0 Å². The van der Waals surface area contributed by atoms with Crippen LogP contribution in [-0.2, 0) is 9.84 Å². The minimum atomic E-state index is -3.29. The highest BCUT2D eigenvalue weighted by molar-refractivity contribution is 14.1. The van der Waals surface area contributed by atoms with Gasteiger partial charge >= 0.3 is 0 Å². The first-order chi connectivity index (χ1) is 9.27. The molecule has 0 aliphatic heterocycles. The summed E-state index contributed by atoms with van der Waals surface area (Å²) in [7, 11) is -3.29. The third-order valence-corrected chi connectivity index (χ3v) is 4.65. The van der Waals surface area contributed by atoms with E-state index in [0.717, 1.165) is 6.26 Å². The number of halogens is 2. The number of nitrogens with one attached hydrogen (secondary N) is 1. The molecule has 0 saturated heterocycles. The second kappa shape index (κ2) is 5.57. The predicted molar refractivity (Wildman–Crippen MR) is 86.4 cm³/mol. The minimum absolute atomic E-state index is 0.161. The molecule has 0 heterocycles. The number of rotatable bonds is 3. The van der Waals surface area contributed by atoms with E-state index in [4.69, 9.17) is 5.73 Å². The number of hydrogen-bond donors (Lipinski definition) is 2. The Hall–Kier alpha value is -1.35. The first-order valence-corrected chi connectivity index (χ1v) is 8.56. The van der Waals surface area contributed by atoms with E-state index in [1.54, 1.807) is 12.1 Å². The Morgan fingerprint density at radius 2 is 1.80 bits per heavy atom. The van der Waals surface area contributed by atoms with E-state index in [1.165, 1.54) is 24.3 Å². The van der Waals surface area contributed by atoms with Crippen molar-refractivity contribution >= 4 is 49.5 Å². The molecule has 0 saturated carbocycles. The zero-order chi connectivity index (χ0) is 14.9. The SMILES string of the molecule is CS(=O)(=O)c1ccc(Nc2ccc(F)cc2I)c(N)c1. The van der Waals surface area contributed by atoms with Crippen LogP contribution < -0.4 is 11.1 Å². The summed E-state index contributed by atoms with van der Waals surface area (Å²) in [6, 6.07) is 8.79. The molecular formula is C13H12FIN2O2S. The highest BCUT2D eigenvalue weighted by atomic mass is 127. The van der Waals surface area contributed by atoms with Gasteiger partial charge in [-0.2, -0.15) is 0 Å². The Labute approximate surface area is 130 Å². The zero-order valence-electron chi connectivity index (χ0n) is 10.5. The third-order valence-electron chi connectivity index (χ3n) is 2.65. The second-order valence-electron chi connectivity index (χ2n) is 4.27. The lowest BCUT2D eigenvalue weighted by Crippen LogP contribution is -2.02. The second-order valence-corrected chi connectivity index (χ2v) is 7.45. The lowest BCUT2D eigenvalue weighted by Gasteiger charge is -2.12. The molecule has 2 rings (SSSR count). The van der Waals surface area contributed by atoms with Gasteiger partial charge in [0.2, 0.25) is 0 Å². The van der Waals surface area contributed by atoms with Crippen molar-refractivity contribution in [2.24, 2.45) is 0 Å². The molecule has 0 fully saturated rings. The maximum atomic E-state index is 13.0. The molecular weight excluding hydrogens is 394 g/mol. The van der Waals surface area contributed by atoms with Gasteiger partial charge in [-0.15, -0.1) is 0 Å². The Balaban J connectivity index is 2.35. The standard InChI is InChI=1S/C13H12FIN2O2S/c1-20(18,19)9-3-5-13(11(16)7-9)17-12-4-2-8(14)6-10(12)15/h2-7,17H,16H2,1H3. The number of hydrogen-bond acceptors (Lipinski definition) is 4. The topological polar surface area (TPSA) is 72.2 Å². The summed E-state index contributed by atoms with van der Waals surface area (Å²) >= 11 is 2.00. The molecule has 0 bridgehead atoms. The van der Waals surface area contributed by atoms with Gasteiger partial charge in [0, 0.05) is 9.83 Å². The van der Waals surface area contributed by atoms with Gasteiger partial charge in [0.1, 0.15) is 5.82 Å². The molecule has 4 nitrogen and oxygen atoms in total. The summed E-state index contributed by atoms with van der Waals surface area (Å²) in [5, 5.41) is 3.05. The Kier molecular flexibility index (Phi) is 4.19. The number of sulfone groups is 1. The maximum absolute atomic E-state index is 13.0. The van der Waals surface area contributed by atoms with E-state index >= 15 is 0 Å². The molecule has 0 aliphatic rings. The summed E-state index contributed by atoms with van der Waals surface area (Å²) in [4.78, 5) is 0.161. The van der Waals surface area contributed by atoms with E-state index < -0.39 is 9.84 Å². The lowest BCUT2D eigenvalue weighted by atomic mass is 10.2. The van der Waals surface area contributed by atoms with Crippen molar-refractivity contribution in [3.05, 3.63) is 45.8 Å². The average Bonchev–Trinajstić information content (AvgIpc) is 2.33. The van der Waals surface area contributed by atoms with Crippen molar-refractivity contribution in [1.29, 1.82) is 0 Å². The van der Waals surface area contributed by atoms with Crippen LogP contribution in [0.15, 0.2) is 41.3 Å². The molecule has 0 radical (unpaired) electrons. The van der Waals surface area contributed by atoms with E-state index in [9.17, 15) is 12.8 Å². The minimum Gasteiger partial charge on any atom is -0.397 e. The number of nitrogens with two attached hydrogens (primary N) is 1. The smallest absolute Gasteiger partial charge is 0.175 e. The highest BCUT2D eigenvalue weighted by Gasteiger charge is 2.10. The number of anilines is 3. The van der Waals surface area contributed by atoms with Gasteiger partial charge in [-0.25, -0.2) is 12.8 Å². The Morgan fingerprint density at radius 3 is 2.35 bits per heavy atom. The summed E-state index contributed by atoms with van der Waals surface area (Å²) in [6.07, 6.45) is 1.12. The molecule has 0 aromatic heterocycles. The van der Waals surface area contributed by atoms with E-state index in [-0.39, 0.29) is 10.7 Å². The molecule has 106 valence electrons. The van der Waals surface area contributed by atoms with Gasteiger partial charge in [-0.1, -0.05) is 0 Å². The summed E-state index contributed by atoms with van der Waals surface area (Å²) in [6.45, 7) is 0. The molecule has 2 aromatic carbocycles. The van der Waals surface area contributed by atoms with Crippen LogP contribution in [0.3, 0.4) is 0 Å². The molecule has 0 unspecified atom stereocenters. The fraction of sp³-hybridized carbons (Fsp3) is 0.0769. The molecule has 0 amide bonds. The molecule has 7 heteroatoms. The van der Waals surface area contributed by atoms with E-state index in [1.807, 2.05) is 22.6 Å². The summed E-state index contributed by atoms with van der Waals surface area (Å²) in [5.41, 5.74) is 7.43. The monoisotopic (exact) mass is 406 g/mol. The largest absolute Gasteiger partial charge is 0.397 e. The first-order valence-electron chi connectivity index (χ1n) is 5.59. The molecule has 3 N–H and O–H groups in total. The van der Waals surface area contributed by atoms with Gasteiger partial charge in [0.15, 0.2) is 9.84 Å². The number of nitrogen functional groups attached to an aromatic ring is 1.